The van der Waals surface area contributed by atoms with E-state index in [9.17, 15) is 28.8 Å². The molecule has 3 rings (SSSR count). The van der Waals surface area contributed by atoms with Crippen LogP contribution in [0.15, 0.2) is 69.6 Å². The number of carbonyl (C=O) groups is 6. The van der Waals surface area contributed by atoms with Gasteiger partial charge in [0.05, 0.1) is 12.2 Å². The molecular weight excluding hydrogens is 1260 g/mol. The van der Waals surface area contributed by atoms with Crippen molar-refractivity contribution in [1.29, 1.82) is 6.72 Å². The number of ketones is 1. The maximum absolute atomic E-state index is 12.3. The number of amides is 5. The van der Waals surface area contributed by atoms with Crippen LogP contribution in [0.2, 0.25) is 0 Å². The summed E-state index contributed by atoms with van der Waals surface area (Å²) in [6.45, 7) is 10.3. The van der Waals surface area contributed by atoms with Gasteiger partial charge in [0, 0.05) is 56.8 Å². The van der Waals surface area contributed by atoms with Crippen LogP contribution in [0, 0.1) is 17.9 Å². The fraction of sp³-hybridized carbons (Fsp3) is 0.532. The first-order valence-corrected chi connectivity index (χ1v) is 32.8. The predicted octanol–water partition coefficient (Wildman–Crippen LogP) is 4.86. The zero-order chi connectivity index (χ0) is 56.4. The van der Waals surface area contributed by atoms with Gasteiger partial charge in [0.25, 0.3) is 0 Å². The van der Waals surface area contributed by atoms with Gasteiger partial charge in [0.15, 0.2) is 5.78 Å². The number of hydrogen-bond donors (Lipinski definition) is 6. The molecule has 0 radical (unpaired) electrons. The molecule has 0 saturated heterocycles. The first-order chi connectivity index (χ1) is 36.5. The molecule has 0 aliphatic heterocycles. The van der Waals surface area contributed by atoms with Crippen LogP contribution in [0.4, 0.5) is 0 Å². The quantitative estimate of drug-likeness (QED) is 0.00663. The molecular formula is C47H72I2N11O10S4+. The first kappa shape index (κ1) is 64.5. The molecule has 412 valence electrons. The molecule has 2 aromatic carbocycles. The van der Waals surface area contributed by atoms with Gasteiger partial charge < -0.3 is 25.4 Å². The van der Waals surface area contributed by atoms with Crippen molar-refractivity contribution in [1.82, 2.24) is 42.9 Å². The number of aromatic nitrogens is 3. The van der Waals surface area contributed by atoms with Crippen LogP contribution in [-0.4, -0.2) is 151 Å². The number of benzene rings is 2. The molecule has 1 heterocycles. The number of halogens is 2. The van der Waals surface area contributed by atoms with Crippen molar-refractivity contribution < 1.29 is 47.7 Å². The van der Waals surface area contributed by atoms with Gasteiger partial charge in [0.2, 0.25) is 29.2 Å². The van der Waals surface area contributed by atoms with Crippen molar-refractivity contribution in [3.63, 3.8) is 0 Å². The van der Waals surface area contributed by atoms with E-state index in [0.717, 1.165) is 36.2 Å². The van der Waals surface area contributed by atoms with Crippen LogP contribution in [0.3, 0.4) is 0 Å². The van der Waals surface area contributed by atoms with Gasteiger partial charge in [-0.15, -0.1) is 11.5 Å². The zero-order valence-electron chi connectivity index (χ0n) is 44.7. The average Bonchev–Trinajstić information content (AvgIpc) is 3.86. The van der Waals surface area contributed by atoms with E-state index in [4.69, 9.17) is 27.4 Å². The summed E-state index contributed by atoms with van der Waals surface area (Å²) in [6.07, 6.45) is 8.78. The number of carbonyl (C=O) groups excluding carboxylic acids is 6. The van der Waals surface area contributed by atoms with Gasteiger partial charge >= 0.3 is 256 Å². The topological polar surface area (TPSA) is 281 Å². The summed E-state index contributed by atoms with van der Waals surface area (Å²) >= 11 is -4.06. The summed E-state index contributed by atoms with van der Waals surface area (Å²) < 4.78 is 43.8. The fourth-order valence-electron chi connectivity index (χ4n) is 5.05. The third-order valence-electron chi connectivity index (χ3n) is 8.59. The second-order valence-corrected chi connectivity index (χ2v) is 26.1. The summed E-state index contributed by atoms with van der Waals surface area (Å²) in [7, 11) is 9.57. The Kier molecular flexibility index (Phi) is 39.5. The molecule has 6 N–H and O–H groups in total. The number of nitrogens with zero attached hydrogens (tertiary/aromatic N) is 5. The Hall–Kier alpha value is -3.83. The van der Waals surface area contributed by atoms with Gasteiger partial charge in [-0.3, -0.25) is 19.2 Å². The number of ether oxygens (including phenoxy) is 4. The van der Waals surface area contributed by atoms with Gasteiger partial charge in [0.1, 0.15) is 30.4 Å². The van der Waals surface area contributed by atoms with Crippen molar-refractivity contribution in [2.75, 3.05) is 88.9 Å². The van der Waals surface area contributed by atoms with Crippen molar-refractivity contribution >= 4 is 121 Å². The molecule has 1 aromatic heterocycles. The van der Waals surface area contributed by atoms with E-state index < -0.39 is 42.6 Å². The summed E-state index contributed by atoms with van der Waals surface area (Å²) in [5, 5.41) is 19.8. The molecule has 2 atom stereocenters. The van der Waals surface area contributed by atoms with Gasteiger partial charge in [-0.2, -0.15) is 0 Å². The fourth-order valence-corrected chi connectivity index (χ4v) is 11.1. The number of hydrogen-bond acceptors (Lipinski definition) is 18. The summed E-state index contributed by atoms with van der Waals surface area (Å²) in [6, 6.07) is 16.3. The molecule has 0 saturated carbocycles. The Labute approximate surface area is 472 Å². The van der Waals surface area contributed by atoms with E-state index in [-0.39, 0.29) is 91.9 Å². The van der Waals surface area contributed by atoms with E-state index in [1.54, 1.807) is 49.4 Å². The van der Waals surface area contributed by atoms with E-state index >= 15 is 0 Å². The molecule has 0 aliphatic carbocycles. The third-order valence-corrected chi connectivity index (χ3v) is 17.9. The summed E-state index contributed by atoms with van der Waals surface area (Å²) in [4.78, 5) is 74.0. The molecule has 3 aromatic rings. The monoisotopic (exact) mass is 1330 g/mol. The SMILES string of the molecule is C#CCNC(=O)COC.[2H]I(CC)NC(=O)COCCc1ccc(SSC(C)CNC(=O)CN=[N+]=N)cc1.[2H]I(CC)NC(=O)COCCc1ccc(SSC(C)CNC(=O)Cn2cc(CCC(=O)COC)nn2)cc1. The standard InChI is InChI=1S/C24H36IN5O5S2.C17H26IN5O3S2.C6H9NO2/c1-4-25-27-24(33)17-35-12-11-19-5-9-22(10-6-19)37-36-18(2)13-26-23(32)15-30-14-20(28-29-30)7-8-21(31)16-34-3;1-3-18-22-17(25)12-26-9-8-14-4-6-15(7-5-14)28-27-13(2)10-20-16(24)11-21-23-19;1-3-4-7-6(8)5-9-2/h5-6,9-10,14,18,25H,4,7-8,11-13,15-17H2,1-3H3,(H,26,32)(H,27,33);4-7,13,18-19H,3,8-12H2,1-2H3,(H-,20,22,24,25);1H,4-5H2,2H3,(H,7,8)/p+1/i25D;18D;. The Morgan fingerprint density at radius 3 is 1.74 bits per heavy atom. The van der Waals surface area contributed by atoms with Crippen molar-refractivity contribution in [3.8, 4) is 12.3 Å². The Bertz CT molecular complexity index is 2260. The van der Waals surface area contributed by atoms with Crippen molar-refractivity contribution in [2.45, 2.75) is 80.2 Å². The van der Waals surface area contributed by atoms with Gasteiger partial charge in [-0.25, -0.2) is 4.68 Å². The van der Waals surface area contributed by atoms with Crippen LogP contribution in [0.1, 0.15) is 50.9 Å². The van der Waals surface area contributed by atoms with Gasteiger partial charge in [-0.1, -0.05) is 25.0 Å². The summed E-state index contributed by atoms with van der Waals surface area (Å²) in [5.41, 5.74) is 9.45. The van der Waals surface area contributed by atoms with Crippen molar-refractivity contribution in [2.24, 2.45) is 5.11 Å². The summed E-state index contributed by atoms with van der Waals surface area (Å²) in [5.74, 6) is 1.31. The maximum atomic E-state index is 12.3. The molecule has 0 spiro atoms. The minimum absolute atomic E-state index is 0.000571. The number of terminal acetylenes is 1. The van der Waals surface area contributed by atoms with E-state index in [2.05, 4.69) is 73.1 Å². The normalized spacial score (nSPS) is 11.9. The Morgan fingerprint density at radius 2 is 1.27 bits per heavy atom. The second-order valence-electron chi connectivity index (χ2n) is 15.0. The minimum atomic E-state index is -2.04. The average molecular weight is 1340 g/mol. The van der Waals surface area contributed by atoms with Gasteiger partial charge in [-0.05, 0) is 0 Å². The molecule has 2 unspecified atom stereocenters. The third kappa shape index (κ3) is 37.8. The Morgan fingerprint density at radius 1 is 0.757 bits per heavy atom. The zero-order valence-corrected chi connectivity index (χ0v) is 50.2. The van der Waals surface area contributed by atoms with Crippen LogP contribution in [0.25, 0.3) is 0 Å². The van der Waals surface area contributed by atoms with E-state index in [0.29, 0.717) is 51.3 Å². The number of alkyl halides is 2. The first-order valence-electron chi connectivity index (χ1n) is 23.9. The number of Topliss-reactive ketones (excluding diaryl/α,β-unsaturated/α-hetero) is 1. The Balaban J connectivity index is 0.000000670. The van der Waals surface area contributed by atoms with E-state index in [1.807, 2.05) is 57.2 Å². The molecule has 5 amide bonds. The predicted molar refractivity (Wildman–Crippen MR) is 313 cm³/mol. The molecule has 0 fully saturated rings. The van der Waals surface area contributed by atoms with Crippen LogP contribution >= 0.6 is 85.7 Å². The molecule has 21 nitrogen and oxygen atoms in total. The second kappa shape index (κ2) is 45.4. The number of rotatable bonds is 36. The molecule has 0 aliphatic rings. The number of methoxy groups -OCH3 is 2. The van der Waals surface area contributed by atoms with Crippen LogP contribution in [-0.2, 0) is 73.5 Å². The van der Waals surface area contributed by atoms with Crippen LogP contribution < -0.4 is 27.9 Å². The molecule has 74 heavy (non-hydrogen) atoms. The number of aryl methyl sites for hydroxylation is 1. The van der Waals surface area contributed by atoms with Crippen LogP contribution in [0.5, 0.6) is 0 Å². The van der Waals surface area contributed by atoms with E-state index in [1.165, 1.54) is 18.9 Å². The molecule has 27 heteroatoms. The van der Waals surface area contributed by atoms with Crippen molar-refractivity contribution in [3.05, 3.63) is 71.5 Å². The number of nitrogens with one attached hydrogen (secondary N) is 6. The molecule has 0 bridgehead atoms.